The summed E-state index contributed by atoms with van der Waals surface area (Å²) in [7, 11) is 5.93. The van der Waals surface area contributed by atoms with Crippen LogP contribution in [0.15, 0.2) is 182 Å². The van der Waals surface area contributed by atoms with Crippen molar-refractivity contribution in [1.82, 2.24) is 0 Å². The third kappa shape index (κ3) is 61.9. The van der Waals surface area contributed by atoms with Crippen molar-refractivity contribution in [1.29, 1.82) is 0 Å². The van der Waals surface area contributed by atoms with Crippen LogP contribution in [0.2, 0.25) is 0 Å². The molecule has 0 radical (unpaired) electrons. The number of aliphatic carboxylic acids is 1. The number of nitrogens with zero attached hydrogens (tertiary/aromatic N) is 1. The van der Waals surface area contributed by atoms with Crippen LogP contribution >= 0.6 is 0 Å². The van der Waals surface area contributed by atoms with Crippen LogP contribution in [0, 0.1) is 0 Å². The van der Waals surface area contributed by atoms with Crippen LogP contribution in [-0.4, -0.2) is 87.4 Å². The van der Waals surface area contributed by atoms with Crippen molar-refractivity contribution in [3.8, 4) is 0 Å². The number of likely N-dealkylation sites (N-methyl/N-ethyl adjacent to an activating group) is 1. The van der Waals surface area contributed by atoms with Crippen LogP contribution in [0.1, 0.15) is 194 Å². The number of ether oxygens (including phenoxy) is 4. The predicted molar refractivity (Wildman–Crippen MR) is 345 cm³/mol. The molecule has 0 heterocycles. The lowest BCUT2D eigenvalue weighted by Crippen LogP contribution is -2.40. The highest BCUT2D eigenvalue weighted by molar-refractivity contribution is 5.71. The van der Waals surface area contributed by atoms with E-state index in [-0.39, 0.29) is 38.6 Å². The van der Waals surface area contributed by atoms with Gasteiger partial charge in [0.1, 0.15) is 13.2 Å². The molecule has 0 aliphatic carbocycles. The van der Waals surface area contributed by atoms with Crippen molar-refractivity contribution >= 4 is 17.9 Å². The van der Waals surface area contributed by atoms with Gasteiger partial charge >= 0.3 is 17.9 Å². The molecule has 81 heavy (non-hydrogen) atoms. The van der Waals surface area contributed by atoms with Crippen LogP contribution < -0.4 is 0 Å². The molecule has 0 aliphatic rings. The number of esters is 2. The van der Waals surface area contributed by atoms with Gasteiger partial charge in [0.25, 0.3) is 6.29 Å². The number of carboxylic acids is 1. The Hall–Kier alpha value is -5.61. The number of carbonyl (C=O) groups is 3. The molecule has 452 valence electrons. The summed E-state index contributed by atoms with van der Waals surface area (Å²) >= 11 is 0. The monoisotopic (exact) mass is 1120 g/mol. The van der Waals surface area contributed by atoms with Crippen LogP contribution in [0.3, 0.4) is 0 Å². The highest BCUT2D eigenvalue weighted by atomic mass is 16.7. The molecule has 0 fully saturated rings. The number of hydrogen-bond donors (Lipinski definition) is 1. The van der Waals surface area contributed by atoms with E-state index in [4.69, 9.17) is 18.9 Å². The standard InChI is InChI=1S/C72H111NO8/c1-6-8-10-12-14-16-18-20-22-24-25-26-27-28-29-30-31-32-33-34-35-36-37-38-39-40-41-42-43-44-45-47-49-51-53-55-57-59-61-63-70(75)81-68(67-80-72(71(76)77)78-65-64-73(3,4)5)66-79-69(74)62-60-58-56-54-52-50-48-46-23-21-19-17-15-13-11-9-7-2/h8-11,14-17,20-23,25-26,28-29,31-32,34-35,37-38,40-41,43-44,47-50,68,72H,6-7,12-13,18-19,24,27,30,33,36,39,42,45-46,51-67H2,1-5H3/p+1/b10-8-,11-9-,16-14-,17-15-,22-20-,23-21-,26-25-,29-28-,32-31-,35-34-,38-37-,41-40-,44-43-,49-47-,50-48-. The molecule has 0 saturated carbocycles. The lowest BCUT2D eigenvalue weighted by Gasteiger charge is -2.25. The molecule has 0 spiro atoms. The zero-order valence-corrected chi connectivity index (χ0v) is 51.4. The quantitative estimate of drug-likeness (QED) is 0.0211. The summed E-state index contributed by atoms with van der Waals surface area (Å²) in [5.74, 6) is -2.09. The van der Waals surface area contributed by atoms with E-state index >= 15 is 0 Å². The number of unbranched alkanes of at least 4 members (excludes halogenated alkanes) is 9. The van der Waals surface area contributed by atoms with E-state index in [1.807, 2.05) is 21.1 Å². The largest absolute Gasteiger partial charge is 0.477 e. The molecule has 0 aromatic carbocycles. The van der Waals surface area contributed by atoms with Gasteiger partial charge in [0.05, 0.1) is 34.4 Å². The summed E-state index contributed by atoms with van der Waals surface area (Å²) in [6.45, 7) is 4.56. The topological polar surface area (TPSA) is 108 Å². The van der Waals surface area contributed by atoms with E-state index in [2.05, 4.69) is 196 Å². The second kappa shape index (κ2) is 60.5. The van der Waals surface area contributed by atoms with Crippen molar-refractivity contribution in [2.24, 2.45) is 0 Å². The molecule has 0 bridgehead atoms. The van der Waals surface area contributed by atoms with E-state index in [0.29, 0.717) is 23.9 Å². The normalized spacial score (nSPS) is 14.0. The molecule has 9 heteroatoms. The summed E-state index contributed by atoms with van der Waals surface area (Å²) in [4.78, 5) is 37.4. The van der Waals surface area contributed by atoms with Gasteiger partial charge in [0.15, 0.2) is 6.10 Å². The molecular weight excluding hydrogens is 1010 g/mol. The average Bonchev–Trinajstić information content (AvgIpc) is 3.44. The Morgan fingerprint density at radius 3 is 0.988 bits per heavy atom. The summed E-state index contributed by atoms with van der Waals surface area (Å²) in [5, 5.41) is 9.71. The maximum atomic E-state index is 12.9. The van der Waals surface area contributed by atoms with Gasteiger partial charge in [-0.25, -0.2) is 4.79 Å². The van der Waals surface area contributed by atoms with Gasteiger partial charge in [0.2, 0.25) is 0 Å². The molecular formula is C72H112NO8+. The van der Waals surface area contributed by atoms with Crippen molar-refractivity contribution in [2.75, 3.05) is 47.5 Å². The Bertz CT molecular complexity index is 1980. The van der Waals surface area contributed by atoms with E-state index in [1.165, 1.54) is 0 Å². The molecule has 0 aromatic heterocycles. The fraction of sp³-hybridized carbons (Fsp3) is 0.542. The number of rotatable bonds is 54. The molecule has 9 nitrogen and oxygen atoms in total. The van der Waals surface area contributed by atoms with E-state index in [0.717, 1.165) is 154 Å². The lowest BCUT2D eigenvalue weighted by atomic mass is 10.1. The van der Waals surface area contributed by atoms with Gasteiger partial charge in [0, 0.05) is 12.8 Å². The first-order valence-corrected chi connectivity index (χ1v) is 30.9. The molecule has 2 unspecified atom stereocenters. The first kappa shape index (κ1) is 75.4. The Kier molecular flexibility index (Phi) is 56.3. The maximum absolute atomic E-state index is 12.9. The summed E-state index contributed by atoms with van der Waals surface area (Å²) in [5.41, 5.74) is 0. The Morgan fingerprint density at radius 1 is 0.370 bits per heavy atom. The zero-order valence-electron chi connectivity index (χ0n) is 51.4. The Morgan fingerprint density at radius 2 is 0.667 bits per heavy atom. The second-order valence-electron chi connectivity index (χ2n) is 20.9. The number of carboxylic acid groups (broad SMARTS) is 1. The molecule has 0 saturated heterocycles. The average molecular weight is 1120 g/mol. The zero-order chi connectivity index (χ0) is 59.1. The molecule has 0 rings (SSSR count). The number of hydrogen-bond acceptors (Lipinski definition) is 7. The van der Waals surface area contributed by atoms with Crippen molar-refractivity contribution < 1.29 is 42.9 Å². The summed E-state index contributed by atoms with van der Waals surface area (Å²) in [6, 6.07) is 0. The van der Waals surface area contributed by atoms with Gasteiger partial charge in [-0.3, -0.25) is 9.59 Å². The second-order valence-corrected chi connectivity index (χ2v) is 20.9. The fourth-order valence-electron chi connectivity index (χ4n) is 7.48. The minimum Gasteiger partial charge on any atom is -0.477 e. The van der Waals surface area contributed by atoms with Gasteiger partial charge in [-0.05, 0) is 135 Å². The minimum absolute atomic E-state index is 0.168. The van der Waals surface area contributed by atoms with Crippen LogP contribution in [0.25, 0.3) is 0 Å². The van der Waals surface area contributed by atoms with Crippen molar-refractivity contribution in [3.05, 3.63) is 182 Å². The molecule has 2 atom stereocenters. The maximum Gasteiger partial charge on any atom is 0.361 e. The number of allylic oxidation sites excluding steroid dienone is 30. The molecule has 0 aliphatic heterocycles. The van der Waals surface area contributed by atoms with Crippen LogP contribution in [0.5, 0.6) is 0 Å². The summed E-state index contributed by atoms with van der Waals surface area (Å²) in [6.07, 6.45) is 89.8. The van der Waals surface area contributed by atoms with Gasteiger partial charge < -0.3 is 28.5 Å². The van der Waals surface area contributed by atoms with Crippen molar-refractivity contribution in [3.63, 3.8) is 0 Å². The van der Waals surface area contributed by atoms with Gasteiger partial charge in [-0.15, -0.1) is 0 Å². The van der Waals surface area contributed by atoms with E-state index in [9.17, 15) is 19.5 Å². The first-order chi connectivity index (χ1) is 39.6. The molecule has 1 N–H and O–H groups in total. The van der Waals surface area contributed by atoms with Crippen LogP contribution in [-0.2, 0) is 33.3 Å². The van der Waals surface area contributed by atoms with Gasteiger partial charge in [-0.1, -0.05) is 228 Å². The van der Waals surface area contributed by atoms with E-state index < -0.39 is 24.3 Å². The third-order valence-electron chi connectivity index (χ3n) is 12.2. The molecule has 0 aromatic rings. The third-order valence-corrected chi connectivity index (χ3v) is 12.2. The molecule has 0 amide bonds. The minimum atomic E-state index is -1.53. The smallest absolute Gasteiger partial charge is 0.361 e. The van der Waals surface area contributed by atoms with Crippen LogP contribution in [0.4, 0.5) is 0 Å². The Labute approximate surface area is 494 Å². The lowest BCUT2D eigenvalue weighted by molar-refractivity contribution is -0.870. The van der Waals surface area contributed by atoms with Crippen molar-refractivity contribution in [2.45, 2.75) is 206 Å². The Balaban J connectivity index is 4.29. The number of quaternary nitrogens is 1. The first-order valence-electron chi connectivity index (χ1n) is 30.9. The highest BCUT2D eigenvalue weighted by Gasteiger charge is 2.25. The van der Waals surface area contributed by atoms with Gasteiger partial charge in [-0.2, -0.15) is 0 Å². The fourth-order valence-corrected chi connectivity index (χ4v) is 7.48. The summed E-state index contributed by atoms with van der Waals surface area (Å²) < 4.78 is 22.8. The SMILES string of the molecule is CC/C=C\C/C=C\C/C=C\C/C=C\C/C=C\C/C=C\C/C=C\C/C=C\C/C=C\C/C=C\C/C=C\CCCCCCCC(=O)OC(COC(=O)CCCCCC/C=C\C/C=C\C/C=C\C/C=C\CC)COC(OCC[N+](C)(C)C)C(=O)O. The highest BCUT2D eigenvalue weighted by Crippen LogP contribution is 2.12. The predicted octanol–water partition coefficient (Wildman–Crippen LogP) is 18.9. The number of carbonyl (C=O) groups excluding carboxylic acids is 2. The van der Waals surface area contributed by atoms with E-state index in [1.54, 1.807) is 0 Å².